The zero-order valence-corrected chi connectivity index (χ0v) is 74.1. The summed E-state index contributed by atoms with van der Waals surface area (Å²) in [6, 6.07) is 160. The topological polar surface area (TPSA) is 105 Å². The Morgan fingerprint density at radius 3 is 0.783 bits per heavy atom. The highest BCUT2D eigenvalue weighted by molar-refractivity contribution is 6.38. The first kappa shape index (κ1) is 75.8. The third-order valence-corrected chi connectivity index (χ3v) is 28.9. The summed E-state index contributed by atoms with van der Waals surface area (Å²) in [5.74, 6) is 2.07. The fraction of sp³-hybridized carbons (Fsp3) is 0. The van der Waals surface area contributed by atoms with E-state index in [1.54, 1.807) is 0 Å². The van der Waals surface area contributed by atoms with Gasteiger partial charge in [-0.1, -0.05) is 346 Å². The van der Waals surface area contributed by atoms with Crippen LogP contribution in [0.4, 0.5) is 0 Å². The largest absolute Gasteiger partial charge is 0.309 e. The molecule has 12 aromatic heterocycles. The SMILES string of the molecule is c1ccc(-c2ccc(-c3nc(-n4c5ccccc5c5cc6c7ccccc7n7c8ccccc8c(c54)c67)nc4ccccc34)cc2)cc1.c1ccc(-c2nc(-c3cccc(-n4c5ccccc5c5cc6c7ccccc7n7c8ccccc8c(c54)c67)c3)nc3ccccc23)cc1.c1ccc(-c2nc(-n3c4ccccc4c4cc5c6ccccc6n6c7ccccc7c(c43)c56)nc3ccccc23)cc1. The smallest absolute Gasteiger partial charge is 0.235 e. The van der Waals surface area contributed by atoms with Crippen molar-refractivity contribution in [2.45, 2.75) is 0 Å². The monoisotopic (exact) mass is 1750 g/mol. The van der Waals surface area contributed by atoms with Crippen LogP contribution in [0.5, 0.6) is 0 Å². The minimum absolute atomic E-state index is 0.671. The maximum Gasteiger partial charge on any atom is 0.235 e. The molecule has 0 aliphatic heterocycles. The molecule has 12 heterocycles. The van der Waals surface area contributed by atoms with Gasteiger partial charge in [-0.3, -0.25) is 9.13 Å². The van der Waals surface area contributed by atoms with Gasteiger partial charge in [0.25, 0.3) is 0 Å². The molecule has 0 N–H and O–H groups in total. The molecule has 0 aliphatic carbocycles. The van der Waals surface area contributed by atoms with E-state index in [2.05, 4.69) is 458 Å². The Bertz CT molecular complexity index is 10700. The predicted molar refractivity (Wildman–Crippen MR) is 573 cm³/mol. The highest BCUT2D eigenvalue weighted by Gasteiger charge is 2.31. The lowest BCUT2D eigenvalue weighted by Gasteiger charge is -2.13. The van der Waals surface area contributed by atoms with E-state index >= 15 is 0 Å². The minimum atomic E-state index is 0.671. The average Bonchev–Trinajstić information content (AvgIpc) is 1.52. The summed E-state index contributed by atoms with van der Waals surface area (Å²) in [7, 11) is 0. The highest BCUT2D eigenvalue weighted by atomic mass is 15.2. The van der Waals surface area contributed by atoms with Crippen LogP contribution in [0, 0.1) is 0 Å². The van der Waals surface area contributed by atoms with Crippen LogP contribution in [0.3, 0.4) is 0 Å². The molecule has 0 unspecified atom stereocenters. The maximum absolute atomic E-state index is 5.43. The van der Waals surface area contributed by atoms with Gasteiger partial charge in [0.1, 0.15) is 0 Å². The molecule has 12 heteroatoms. The van der Waals surface area contributed by atoms with E-state index < -0.39 is 0 Å². The molecule has 0 bridgehead atoms. The molecule has 20 aromatic carbocycles. The molecule has 0 amide bonds. The van der Waals surface area contributed by atoms with Gasteiger partial charge < -0.3 is 17.8 Å². The van der Waals surface area contributed by atoms with E-state index in [0.717, 1.165) is 99.8 Å². The van der Waals surface area contributed by atoms with Crippen molar-refractivity contribution in [3.8, 4) is 73.9 Å². The first-order valence-electron chi connectivity index (χ1n) is 47.0. The lowest BCUT2D eigenvalue weighted by molar-refractivity contribution is 1.02. The molecule has 0 saturated carbocycles. The number of para-hydroxylation sites is 12. The second-order valence-electron chi connectivity index (χ2n) is 36.2. The Labute approximate surface area is 786 Å². The zero-order valence-electron chi connectivity index (χ0n) is 74.1. The van der Waals surface area contributed by atoms with Crippen molar-refractivity contribution >= 4 is 212 Å². The Balaban J connectivity index is 0.0000000981. The summed E-state index contributed by atoms with van der Waals surface area (Å²) >= 11 is 0. The molecule has 32 aromatic rings. The fourth-order valence-corrected chi connectivity index (χ4v) is 23.2. The van der Waals surface area contributed by atoms with Gasteiger partial charge >= 0.3 is 0 Å². The number of fused-ring (bicyclic) bond motifs is 33. The van der Waals surface area contributed by atoms with Crippen molar-refractivity contribution in [2.75, 3.05) is 0 Å². The number of hydrogen-bond acceptors (Lipinski definition) is 6. The lowest BCUT2D eigenvalue weighted by atomic mass is 10.0. The third-order valence-electron chi connectivity index (χ3n) is 28.9. The minimum Gasteiger partial charge on any atom is -0.309 e. The molecule has 138 heavy (non-hydrogen) atoms. The van der Waals surface area contributed by atoms with E-state index in [1.807, 2.05) is 18.2 Å². The van der Waals surface area contributed by atoms with Crippen LogP contribution in [-0.2, 0) is 0 Å². The number of nitrogens with zero attached hydrogens (tertiary/aromatic N) is 12. The van der Waals surface area contributed by atoms with Gasteiger partial charge in [-0.15, -0.1) is 0 Å². The molecule has 0 aliphatic rings. The molecule has 0 saturated heterocycles. The fourth-order valence-electron chi connectivity index (χ4n) is 23.2. The van der Waals surface area contributed by atoms with Gasteiger partial charge in [0.15, 0.2) is 5.82 Å². The number of aromatic nitrogens is 12. The van der Waals surface area contributed by atoms with Crippen molar-refractivity contribution in [2.24, 2.45) is 0 Å². The summed E-state index contributed by atoms with van der Waals surface area (Å²) in [6.07, 6.45) is 0. The number of rotatable bonds is 8. The maximum atomic E-state index is 5.43. The molecular weight excluding hydrogens is 1680 g/mol. The molecule has 0 fully saturated rings. The van der Waals surface area contributed by atoms with Crippen LogP contribution in [0.2, 0.25) is 0 Å². The summed E-state index contributed by atoms with van der Waals surface area (Å²) < 4.78 is 14.4. The number of benzene rings is 20. The summed E-state index contributed by atoms with van der Waals surface area (Å²) in [6.45, 7) is 0. The van der Waals surface area contributed by atoms with Gasteiger partial charge in [0.05, 0.1) is 116 Å². The molecule has 0 atom stereocenters. The third kappa shape index (κ3) is 10.9. The zero-order chi connectivity index (χ0) is 90.1. The van der Waals surface area contributed by atoms with E-state index in [0.29, 0.717) is 17.7 Å². The van der Waals surface area contributed by atoms with Crippen LogP contribution in [0.25, 0.3) is 286 Å². The summed E-state index contributed by atoms with van der Waals surface area (Å²) in [4.78, 5) is 31.6. The van der Waals surface area contributed by atoms with Gasteiger partial charge in [0, 0.05) is 141 Å². The quantitative estimate of drug-likeness (QED) is 0.150. The van der Waals surface area contributed by atoms with Gasteiger partial charge in [-0.05, 0) is 114 Å². The molecule has 638 valence electrons. The standard InChI is InChI=1S/2C44H26N4.C38H22N4/c1-2-13-27(14-3-1)41-32-19-4-8-21-36(32)45-44(46-41)28-15-12-16-29(25-28)47-37-22-9-5-17-30(37)34-26-35-31-18-6-10-23-38(31)48-39-24-11-7-20-33(39)40(42(34)47)43(35)48;1-2-12-27(13-3-1)28-22-24-29(25-23-28)41-32-16-4-8-18-36(32)45-44(46-41)48-38-20-10-6-15-31(38)35-26-34-30-14-5-9-19-37(30)47-39-21-11-7-17-33(39)40(42(34)47)43(35)48;1-2-12-23(13-3-1)35-26-16-4-8-18-30(26)39-38(40-35)42-32-20-10-6-15-25(32)29-22-28-24-14-5-9-19-31(24)41-33-21-11-7-17-27(33)34(36(28)41)37(29)42/h2*1-26H;1-22H. The number of hydrogen-bond donors (Lipinski definition) is 0. The predicted octanol–water partition coefficient (Wildman–Crippen LogP) is 32.0. The Morgan fingerprint density at radius 2 is 0.399 bits per heavy atom. The molecule has 0 spiro atoms. The highest BCUT2D eigenvalue weighted by Crippen LogP contribution is 2.52. The van der Waals surface area contributed by atoms with E-state index in [9.17, 15) is 0 Å². The van der Waals surface area contributed by atoms with Crippen molar-refractivity contribution < 1.29 is 0 Å². The molecule has 32 rings (SSSR count). The van der Waals surface area contributed by atoms with Crippen molar-refractivity contribution in [1.82, 2.24) is 56.8 Å². The van der Waals surface area contributed by atoms with Crippen LogP contribution in [-0.4, -0.2) is 56.8 Å². The van der Waals surface area contributed by atoms with Gasteiger partial charge in [0.2, 0.25) is 11.9 Å². The Hall–Kier alpha value is -18.8. The first-order chi connectivity index (χ1) is 68.5. The van der Waals surface area contributed by atoms with Crippen molar-refractivity contribution in [3.63, 3.8) is 0 Å². The Morgan fingerprint density at radius 1 is 0.145 bits per heavy atom. The van der Waals surface area contributed by atoms with E-state index in [-0.39, 0.29) is 0 Å². The second-order valence-corrected chi connectivity index (χ2v) is 36.2. The van der Waals surface area contributed by atoms with Gasteiger partial charge in [-0.25, -0.2) is 29.9 Å². The van der Waals surface area contributed by atoms with Crippen molar-refractivity contribution in [3.05, 3.63) is 449 Å². The lowest BCUT2D eigenvalue weighted by Crippen LogP contribution is -2.03. The molecular formula is C126H74N12. The summed E-state index contributed by atoms with van der Waals surface area (Å²) in [5, 5.41) is 25.6. The average molecular weight is 1760 g/mol. The van der Waals surface area contributed by atoms with E-state index in [1.165, 1.54) is 169 Å². The van der Waals surface area contributed by atoms with E-state index in [4.69, 9.17) is 29.9 Å². The van der Waals surface area contributed by atoms with Crippen molar-refractivity contribution in [1.29, 1.82) is 0 Å². The molecule has 12 nitrogen and oxygen atoms in total. The normalized spacial score (nSPS) is 12.2. The summed E-state index contributed by atoms with van der Waals surface area (Å²) in [5.41, 5.74) is 31.3. The van der Waals surface area contributed by atoms with Crippen LogP contribution in [0.15, 0.2) is 449 Å². The Kier molecular flexibility index (Phi) is 16.1. The van der Waals surface area contributed by atoms with Crippen LogP contribution < -0.4 is 0 Å². The van der Waals surface area contributed by atoms with Crippen LogP contribution in [0.1, 0.15) is 0 Å². The molecule has 0 radical (unpaired) electrons. The second kappa shape index (κ2) is 29.4. The van der Waals surface area contributed by atoms with Crippen LogP contribution >= 0.6 is 0 Å². The van der Waals surface area contributed by atoms with Gasteiger partial charge in [-0.2, -0.15) is 0 Å². The first-order valence-corrected chi connectivity index (χ1v) is 47.0.